The lowest BCUT2D eigenvalue weighted by molar-refractivity contribution is 0.574. The first-order valence-electron chi connectivity index (χ1n) is 7.53. The average Bonchev–Trinajstić information content (AvgIpc) is 3.11. The van der Waals surface area contributed by atoms with Gasteiger partial charge in [0, 0.05) is 18.0 Å². The summed E-state index contributed by atoms with van der Waals surface area (Å²) in [5.41, 5.74) is 8.39. The summed E-state index contributed by atoms with van der Waals surface area (Å²) in [6, 6.07) is 11.2. The van der Waals surface area contributed by atoms with Gasteiger partial charge < -0.3 is 10.2 Å². The van der Waals surface area contributed by atoms with Crippen LogP contribution in [0, 0.1) is 0 Å². The van der Waals surface area contributed by atoms with Crippen molar-refractivity contribution in [2.75, 3.05) is 4.72 Å². The Labute approximate surface area is 160 Å². The summed E-state index contributed by atoms with van der Waals surface area (Å²) in [5.74, 6) is 1.03. The highest BCUT2D eigenvalue weighted by atomic mass is 32.2. The van der Waals surface area contributed by atoms with Crippen LogP contribution < -0.4 is 15.9 Å². The molecule has 3 rings (SSSR count). The molecule has 0 bridgehead atoms. The highest BCUT2D eigenvalue weighted by Crippen LogP contribution is 2.23. The zero-order valence-corrected chi connectivity index (χ0v) is 15.4. The van der Waals surface area contributed by atoms with Crippen molar-refractivity contribution in [3.8, 4) is 11.3 Å². The second-order valence-corrected chi connectivity index (χ2v) is 7.26. The van der Waals surface area contributed by atoms with E-state index in [0.717, 1.165) is 0 Å². The molecule has 2 aromatic heterocycles. The van der Waals surface area contributed by atoms with Crippen LogP contribution in [0.1, 0.15) is 5.76 Å². The Bertz CT molecular complexity index is 1060. The van der Waals surface area contributed by atoms with Crippen molar-refractivity contribution >= 4 is 39.5 Å². The molecule has 0 radical (unpaired) electrons. The predicted octanol–water partition coefficient (Wildman–Crippen LogP) is 1.70. The van der Waals surface area contributed by atoms with Gasteiger partial charge >= 0.3 is 0 Å². The minimum atomic E-state index is -3.79. The molecule has 2 heterocycles. The van der Waals surface area contributed by atoms with E-state index in [4.69, 9.17) is 10.2 Å². The van der Waals surface area contributed by atoms with E-state index in [1.54, 1.807) is 30.3 Å². The second kappa shape index (κ2) is 7.93. The highest BCUT2D eigenvalue weighted by molar-refractivity contribution is 7.92. The van der Waals surface area contributed by atoms with E-state index in [1.807, 2.05) is 0 Å². The number of sulfonamides is 1. The van der Waals surface area contributed by atoms with Crippen LogP contribution in [-0.2, 0) is 10.0 Å². The fourth-order valence-electron chi connectivity index (χ4n) is 2.07. The second-order valence-electron chi connectivity index (χ2n) is 5.14. The normalized spacial score (nSPS) is 11.4. The lowest BCUT2D eigenvalue weighted by Gasteiger charge is -2.06. The molecule has 3 aromatic rings. The maximum atomic E-state index is 12.4. The third-order valence-corrected chi connectivity index (χ3v) is 4.67. The lowest BCUT2D eigenvalue weighted by atomic mass is 10.2. The van der Waals surface area contributed by atoms with Crippen molar-refractivity contribution in [3.05, 3.63) is 60.6 Å². The summed E-state index contributed by atoms with van der Waals surface area (Å²) >= 11 is 4.64. The van der Waals surface area contributed by atoms with Gasteiger partial charge in [0.05, 0.1) is 11.1 Å². The van der Waals surface area contributed by atoms with Crippen molar-refractivity contribution in [1.82, 2.24) is 15.4 Å². The van der Waals surface area contributed by atoms with Gasteiger partial charge in [-0.05, 0) is 54.7 Å². The molecule has 0 fully saturated rings. The van der Waals surface area contributed by atoms with Gasteiger partial charge in [0.1, 0.15) is 11.5 Å². The molecule has 0 aliphatic carbocycles. The van der Waals surface area contributed by atoms with Crippen molar-refractivity contribution in [2.24, 2.45) is 10.8 Å². The van der Waals surface area contributed by atoms with Crippen LogP contribution in [0.3, 0.4) is 0 Å². The Morgan fingerprint density at radius 1 is 1.15 bits per heavy atom. The van der Waals surface area contributed by atoms with E-state index in [-0.39, 0.29) is 16.0 Å². The van der Waals surface area contributed by atoms with Gasteiger partial charge in [0.25, 0.3) is 10.0 Å². The van der Waals surface area contributed by atoms with Crippen molar-refractivity contribution < 1.29 is 12.8 Å². The van der Waals surface area contributed by atoms with E-state index >= 15 is 0 Å². The number of hydrogen-bond donors (Lipinski definition) is 3. The maximum absolute atomic E-state index is 12.4. The minimum Gasteiger partial charge on any atom is -0.455 e. The number of nitrogens with two attached hydrogens (primary N) is 1. The molecule has 0 aliphatic heterocycles. The van der Waals surface area contributed by atoms with Gasteiger partial charge in [-0.3, -0.25) is 5.43 Å². The fraction of sp³-hybridized carbons (Fsp3) is 0. The van der Waals surface area contributed by atoms with E-state index in [9.17, 15) is 8.42 Å². The van der Waals surface area contributed by atoms with Crippen LogP contribution in [0.25, 0.3) is 11.3 Å². The molecule has 1 aromatic carbocycles. The van der Waals surface area contributed by atoms with Crippen LogP contribution in [0.15, 0.2) is 69.3 Å². The summed E-state index contributed by atoms with van der Waals surface area (Å²) in [6.45, 7) is 0. The van der Waals surface area contributed by atoms with Crippen LogP contribution in [0.2, 0.25) is 0 Å². The minimum absolute atomic E-state index is 0.00195. The first kappa shape index (κ1) is 18.5. The number of rotatable bonds is 6. The van der Waals surface area contributed by atoms with E-state index in [2.05, 4.69) is 37.4 Å². The molecule has 0 spiro atoms. The van der Waals surface area contributed by atoms with Gasteiger partial charge in [-0.15, -0.1) is 0 Å². The quantitative estimate of drug-likeness (QED) is 0.322. The van der Waals surface area contributed by atoms with E-state index in [1.165, 1.54) is 30.7 Å². The zero-order valence-electron chi connectivity index (χ0n) is 13.7. The van der Waals surface area contributed by atoms with Crippen LogP contribution in [0.4, 0.5) is 5.95 Å². The first-order chi connectivity index (χ1) is 12.9. The molecule has 11 heteroatoms. The third-order valence-electron chi connectivity index (χ3n) is 3.23. The molecule has 0 saturated carbocycles. The summed E-state index contributed by atoms with van der Waals surface area (Å²) in [7, 11) is -3.79. The number of nitrogens with zero attached hydrogens (tertiary/aromatic N) is 3. The SMILES string of the molecule is NC(=S)N/N=C\c1ccc(-c2ccc(S(=O)(=O)Nc3ncccn3)cc2)o1. The largest absolute Gasteiger partial charge is 0.455 e. The molecular weight excluding hydrogens is 388 g/mol. The lowest BCUT2D eigenvalue weighted by Crippen LogP contribution is -2.23. The standard InChI is InChI=1S/C16H14N6O3S2/c17-15(26)21-20-10-12-4-7-14(25-12)11-2-5-13(6-3-11)27(23,24)22-16-18-8-1-9-19-16/h1-10H,(H3,17,21,26)(H,18,19,22)/b20-10-. The van der Waals surface area contributed by atoms with Crippen LogP contribution in [-0.4, -0.2) is 29.7 Å². The molecule has 27 heavy (non-hydrogen) atoms. The summed E-state index contributed by atoms with van der Waals surface area (Å²) in [5, 5.41) is 3.85. The molecule has 0 unspecified atom stereocenters. The number of hydrazone groups is 1. The first-order valence-corrected chi connectivity index (χ1v) is 9.42. The smallest absolute Gasteiger partial charge is 0.264 e. The van der Waals surface area contributed by atoms with Crippen LogP contribution in [0.5, 0.6) is 0 Å². The maximum Gasteiger partial charge on any atom is 0.264 e. The van der Waals surface area contributed by atoms with Crippen molar-refractivity contribution in [3.63, 3.8) is 0 Å². The molecule has 0 atom stereocenters. The number of aromatic nitrogens is 2. The van der Waals surface area contributed by atoms with E-state index in [0.29, 0.717) is 17.1 Å². The average molecular weight is 402 g/mol. The van der Waals surface area contributed by atoms with Gasteiger partial charge in [0.15, 0.2) is 5.11 Å². The molecule has 0 aliphatic rings. The Morgan fingerprint density at radius 2 is 1.85 bits per heavy atom. The molecule has 0 amide bonds. The number of hydrogen-bond acceptors (Lipinski definition) is 7. The Kier molecular flexibility index (Phi) is 5.43. The van der Waals surface area contributed by atoms with Gasteiger partial charge in [-0.25, -0.2) is 23.1 Å². The van der Waals surface area contributed by atoms with Crippen LogP contribution >= 0.6 is 12.2 Å². The number of furan rings is 1. The molecular formula is C16H14N6O3S2. The molecule has 9 nitrogen and oxygen atoms in total. The topological polar surface area (TPSA) is 136 Å². The zero-order chi connectivity index (χ0) is 19.3. The molecule has 138 valence electrons. The molecule has 0 saturated heterocycles. The summed E-state index contributed by atoms with van der Waals surface area (Å²) in [4.78, 5) is 7.76. The van der Waals surface area contributed by atoms with Crippen molar-refractivity contribution in [2.45, 2.75) is 4.90 Å². The van der Waals surface area contributed by atoms with Gasteiger partial charge in [-0.2, -0.15) is 5.10 Å². The highest BCUT2D eigenvalue weighted by Gasteiger charge is 2.16. The number of nitrogens with one attached hydrogen (secondary N) is 2. The molecule has 4 N–H and O–H groups in total. The van der Waals surface area contributed by atoms with Gasteiger partial charge in [0.2, 0.25) is 5.95 Å². The van der Waals surface area contributed by atoms with E-state index < -0.39 is 10.0 Å². The van der Waals surface area contributed by atoms with Gasteiger partial charge in [-0.1, -0.05) is 0 Å². The summed E-state index contributed by atoms with van der Waals surface area (Å²) in [6.07, 6.45) is 4.32. The fourth-order valence-corrected chi connectivity index (χ4v) is 3.08. The predicted molar refractivity (Wildman–Crippen MR) is 104 cm³/mol. The third kappa shape index (κ3) is 4.86. The van der Waals surface area contributed by atoms with Crippen molar-refractivity contribution in [1.29, 1.82) is 0 Å². The number of benzene rings is 1. The Hall–Kier alpha value is -3.31. The summed E-state index contributed by atoms with van der Waals surface area (Å²) < 4.78 is 32.7. The number of anilines is 1. The monoisotopic (exact) mass is 402 g/mol. The Balaban J connectivity index is 1.74. The number of thiocarbonyl (C=S) groups is 1. The Morgan fingerprint density at radius 3 is 2.52 bits per heavy atom.